The van der Waals surface area contributed by atoms with E-state index >= 15 is 0 Å². The van der Waals surface area contributed by atoms with Crippen LogP contribution < -0.4 is 0 Å². The van der Waals surface area contributed by atoms with Gasteiger partial charge >= 0.3 is 0 Å². The maximum atomic E-state index is 13.5. The van der Waals surface area contributed by atoms with Gasteiger partial charge < -0.3 is 14.4 Å². The van der Waals surface area contributed by atoms with Crippen LogP contribution in [-0.2, 0) is 0 Å². The van der Waals surface area contributed by atoms with Gasteiger partial charge in [-0.25, -0.2) is 4.39 Å². The van der Waals surface area contributed by atoms with Crippen LogP contribution in [0.3, 0.4) is 0 Å². The molecule has 23 heavy (non-hydrogen) atoms. The molecule has 1 aliphatic heterocycles. The van der Waals surface area contributed by atoms with Gasteiger partial charge in [-0.3, -0.25) is 4.79 Å². The molecule has 1 aromatic carbocycles. The van der Waals surface area contributed by atoms with Gasteiger partial charge in [0.2, 0.25) is 0 Å². The number of aliphatic hydroxyl groups is 1. The van der Waals surface area contributed by atoms with Gasteiger partial charge in [0.15, 0.2) is 0 Å². The Hall–Kier alpha value is -2.58. The lowest BCUT2D eigenvalue weighted by atomic mass is 9.91. The first-order valence-corrected chi connectivity index (χ1v) is 7.39. The summed E-state index contributed by atoms with van der Waals surface area (Å²) in [5.74, 6) is 4.93. The number of carbonyl (C=O) groups is 1. The molecule has 0 atom stereocenters. The normalized spacial score (nSPS) is 16.5. The number of piperidine rings is 1. The maximum absolute atomic E-state index is 13.5. The molecule has 5 heteroatoms. The molecule has 1 fully saturated rings. The Kier molecular flexibility index (Phi) is 4.18. The summed E-state index contributed by atoms with van der Waals surface area (Å²) < 4.78 is 18.5. The Morgan fingerprint density at radius 2 is 2.00 bits per heavy atom. The average molecular weight is 313 g/mol. The number of hydrogen-bond acceptors (Lipinski definition) is 3. The number of likely N-dealkylation sites (tertiary alicyclic amines) is 1. The average Bonchev–Trinajstić information content (AvgIpc) is 3.09. The number of halogens is 1. The second kappa shape index (κ2) is 6.27. The highest BCUT2D eigenvalue weighted by atomic mass is 19.1. The van der Waals surface area contributed by atoms with Gasteiger partial charge in [-0.1, -0.05) is 24.0 Å². The summed E-state index contributed by atoms with van der Waals surface area (Å²) in [4.78, 5) is 13.9. The highest BCUT2D eigenvalue weighted by molar-refractivity contribution is 5.93. The van der Waals surface area contributed by atoms with Gasteiger partial charge in [-0.2, -0.15) is 0 Å². The van der Waals surface area contributed by atoms with Crippen molar-refractivity contribution in [3.05, 3.63) is 59.8 Å². The van der Waals surface area contributed by atoms with Crippen molar-refractivity contribution in [3.63, 3.8) is 0 Å². The van der Waals surface area contributed by atoms with Crippen molar-refractivity contribution in [2.45, 2.75) is 18.4 Å². The predicted molar refractivity (Wildman–Crippen MR) is 82.1 cm³/mol. The van der Waals surface area contributed by atoms with Crippen molar-refractivity contribution in [2.75, 3.05) is 13.1 Å². The molecule has 2 heterocycles. The molecule has 2 aromatic rings. The highest BCUT2D eigenvalue weighted by Crippen LogP contribution is 2.23. The maximum Gasteiger partial charge on any atom is 0.257 e. The zero-order chi connectivity index (χ0) is 16.3. The zero-order valence-corrected chi connectivity index (χ0v) is 12.5. The van der Waals surface area contributed by atoms with E-state index < -0.39 is 11.4 Å². The van der Waals surface area contributed by atoms with E-state index in [9.17, 15) is 14.3 Å². The van der Waals surface area contributed by atoms with Crippen LogP contribution in [-0.4, -0.2) is 34.6 Å². The molecular weight excluding hydrogens is 297 g/mol. The summed E-state index contributed by atoms with van der Waals surface area (Å²) in [6.07, 6.45) is 3.52. The number of rotatable bonds is 1. The van der Waals surface area contributed by atoms with Crippen LogP contribution in [0.4, 0.5) is 4.39 Å². The van der Waals surface area contributed by atoms with Gasteiger partial charge in [0.25, 0.3) is 5.91 Å². The molecule has 118 valence electrons. The first kappa shape index (κ1) is 15.3. The van der Waals surface area contributed by atoms with E-state index in [2.05, 4.69) is 11.8 Å². The van der Waals surface area contributed by atoms with Gasteiger partial charge in [0.1, 0.15) is 17.7 Å². The van der Waals surface area contributed by atoms with Gasteiger partial charge in [0.05, 0.1) is 17.4 Å². The van der Waals surface area contributed by atoms with Crippen LogP contribution >= 0.6 is 0 Å². The number of nitrogens with zero attached hydrogens (tertiary/aromatic N) is 1. The van der Waals surface area contributed by atoms with E-state index in [1.165, 1.54) is 18.6 Å². The molecule has 0 aliphatic carbocycles. The fraction of sp³-hybridized carbons (Fsp3) is 0.278. The molecule has 1 saturated heterocycles. The fourth-order valence-corrected chi connectivity index (χ4v) is 2.52. The monoisotopic (exact) mass is 313 g/mol. The molecule has 1 aromatic heterocycles. The molecule has 0 unspecified atom stereocenters. The van der Waals surface area contributed by atoms with Crippen LogP contribution in [0.25, 0.3) is 0 Å². The Balaban J connectivity index is 1.66. The SMILES string of the molecule is O=C(c1ccoc1)N1CCC(O)(C#Cc2ccccc2F)CC1. The summed E-state index contributed by atoms with van der Waals surface area (Å²) in [7, 11) is 0. The molecule has 4 nitrogen and oxygen atoms in total. The lowest BCUT2D eigenvalue weighted by Crippen LogP contribution is -2.46. The largest absolute Gasteiger partial charge is 0.472 e. The Labute approximate surface area is 133 Å². The third kappa shape index (κ3) is 3.43. The molecule has 0 spiro atoms. The standard InChI is InChI=1S/C18H16FNO3/c19-16-4-2-1-3-14(16)5-7-18(22)8-10-20(11-9-18)17(21)15-6-12-23-13-15/h1-4,6,12-13,22H,8-11H2. The molecule has 0 radical (unpaired) electrons. The minimum Gasteiger partial charge on any atom is -0.472 e. The Morgan fingerprint density at radius 1 is 1.26 bits per heavy atom. The molecule has 1 amide bonds. The zero-order valence-electron chi connectivity index (χ0n) is 12.5. The van der Waals surface area contributed by atoms with Crippen molar-refractivity contribution in [1.82, 2.24) is 4.90 Å². The van der Waals surface area contributed by atoms with Crippen molar-refractivity contribution in [3.8, 4) is 11.8 Å². The van der Waals surface area contributed by atoms with E-state index in [4.69, 9.17) is 4.42 Å². The molecule has 1 N–H and O–H groups in total. The number of benzene rings is 1. The summed E-state index contributed by atoms with van der Waals surface area (Å²) in [5.41, 5.74) is -0.444. The first-order chi connectivity index (χ1) is 11.1. The van der Waals surface area contributed by atoms with E-state index in [1.807, 2.05) is 0 Å². The fourth-order valence-electron chi connectivity index (χ4n) is 2.52. The minimum absolute atomic E-state index is 0.122. The Morgan fingerprint density at radius 3 is 2.65 bits per heavy atom. The highest BCUT2D eigenvalue weighted by Gasteiger charge is 2.32. The second-order valence-corrected chi connectivity index (χ2v) is 5.57. The van der Waals surface area contributed by atoms with Crippen molar-refractivity contribution in [1.29, 1.82) is 0 Å². The third-order valence-electron chi connectivity index (χ3n) is 3.95. The second-order valence-electron chi connectivity index (χ2n) is 5.57. The van der Waals surface area contributed by atoms with Gasteiger partial charge in [0, 0.05) is 25.9 Å². The number of hydrogen-bond donors (Lipinski definition) is 1. The Bertz CT molecular complexity index is 750. The lowest BCUT2D eigenvalue weighted by molar-refractivity contribution is 0.0248. The summed E-state index contributed by atoms with van der Waals surface area (Å²) in [5, 5.41) is 10.5. The predicted octanol–water partition coefficient (Wildman–Crippen LogP) is 2.44. The minimum atomic E-state index is -1.20. The van der Waals surface area contributed by atoms with E-state index in [-0.39, 0.29) is 11.5 Å². The lowest BCUT2D eigenvalue weighted by Gasteiger charge is -2.34. The van der Waals surface area contributed by atoms with Crippen molar-refractivity contribution in [2.24, 2.45) is 0 Å². The quantitative estimate of drug-likeness (QED) is 0.823. The van der Waals surface area contributed by atoms with E-state index in [0.29, 0.717) is 31.5 Å². The number of carbonyl (C=O) groups excluding carboxylic acids is 1. The van der Waals surface area contributed by atoms with Crippen LogP contribution in [0.15, 0.2) is 47.3 Å². The van der Waals surface area contributed by atoms with Crippen LogP contribution in [0.1, 0.15) is 28.8 Å². The van der Waals surface area contributed by atoms with Crippen molar-refractivity contribution < 1.29 is 18.7 Å². The number of furan rings is 1. The molecule has 1 aliphatic rings. The van der Waals surface area contributed by atoms with Gasteiger partial charge in [-0.15, -0.1) is 0 Å². The van der Waals surface area contributed by atoms with E-state index in [0.717, 1.165) is 0 Å². The van der Waals surface area contributed by atoms with Crippen LogP contribution in [0.5, 0.6) is 0 Å². The molecule has 3 rings (SSSR count). The molecule has 0 saturated carbocycles. The topological polar surface area (TPSA) is 53.7 Å². The summed E-state index contributed by atoms with van der Waals surface area (Å²) in [6.45, 7) is 0.791. The van der Waals surface area contributed by atoms with Crippen molar-refractivity contribution >= 4 is 5.91 Å². The summed E-state index contributed by atoms with van der Waals surface area (Å²) >= 11 is 0. The molecule has 0 bridgehead atoms. The number of amides is 1. The van der Waals surface area contributed by atoms with Gasteiger partial charge in [-0.05, 0) is 18.2 Å². The van der Waals surface area contributed by atoms with Crippen LogP contribution in [0.2, 0.25) is 0 Å². The smallest absolute Gasteiger partial charge is 0.257 e. The third-order valence-corrected chi connectivity index (χ3v) is 3.95. The van der Waals surface area contributed by atoms with Crippen LogP contribution in [0, 0.1) is 17.7 Å². The van der Waals surface area contributed by atoms with E-state index in [1.54, 1.807) is 29.2 Å². The summed E-state index contributed by atoms with van der Waals surface area (Å²) in [6, 6.07) is 7.81. The molecular formula is C18H16FNO3. The first-order valence-electron chi connectivity index (χ1n) is 7.39.